The molecule has 0 radical (unpaired) electrons. The minimum Gasteiger partial charge on any atom is -0.459 e. The summed E-state index contributed by atoms with van der Waals surface area (Å²) >= 11 is 6.10. The monoisotopic (exact) mass is 235 g/mol. The zero-order chi connectivity index (χ0) is 11.3. The summed E-state index contributed by atoms with van der Waals surface area (Å²) in [7, 11) is 0. The number of fused-ring (bicyclic) bond motifs is 1. The average Bonchev–Trinajstić information content (AvgIpc) is 3.00. The van der Waals surface area contributed by atoms with Gasteiger partial charge in [0.05, 0.1) is 6.54 Å². The van der Waals surface area contributed by atoms with Crippen LogP contribution in [0.25, 0.3) is 11.0 Å². The second kappa shape index (κ2) is 3.51. The van der Waals surface area contributed by atoms with E-state index in [4.69, 9.17) is 21.8 Å². The van der Waals surface area contributed by atoms with Gasteiger partial charge in [0, 0.05) is 16.0 Å². The second-order valence-corrected chi connectivity index (χ2v) is 4.95. The fourth-order valence-electron chi connectivity index (χ4n) is 2.37. The van der Waals surface area contributed by atoms with Gasteiger partial charge in [-0.15, -0.1) is 0 Å². The van der Waals surface area contributed by atoms with E-state index in [1.54, 1.807) is 0 Å². The van der Waals surface area contributed by atoms with E-state index < -0.39 is 0 Å². The van der Waals surface area contributed by atoms with Crippen molar-refractivity contribution < 1.29 is 4.42 Å². The van der Waals surface area contributed by atoms with E-state index in [1.807, 2.05) is 19.1 Å². The van der Waals surface area contributed by atoms with Gasteiger partial charge >= 0.3 is 0 Å². The van der Waals surface area contributed by atoms with Crippen molar-refractivity contribution in [1.29, 1.82) is 0 Å². The lowest BCUT2D eigenvalue weighted by atomic mass is 10.0. The van der Waals surface area contributed by atoms with E-state index in [-0.39, 0.29) is 0 Å². The van der Waals surface area contributed by atoms with Gasteiger partial charge < -0.3 is 10.2 Å². The first kappa shape index (κ1) is 10.2. The largest absolute Gasteiger partial charge is 0.459 e. The lowest BCUT2D eigenvalue weighted by molar-refractivity contribution is 0.544. The van der Waals surface area contributed by atoms with E-state index >= 15 is 0 Å². The summed E-state index contributed by atoms with van der Waals surface area (Å²) in [5.74, 6) is 1.57. The zero-order valence-electron chi connectivity index (χ0n) is 9.22. The Bertz CT molecular complexity index is 555. The molecule has 0 bridgehead atoms. The van der Waals surface area contributed by atoms with Crippen LogP contribution >= 0.6 is 11.6 Å². The maximum absolute atomic E-state index is 6.10. The minimum atomic E-state index is 0.470. The molecule has 1 heterocycles. The first-order valence-corrected chi connectivity index (χ1v) is 6.00. The summed E-state index contributed by atoms with van der Waals surface area (Å²) in [5, 5.41) is 1.93. The molecule has 1 aliphatic rings. The first-order chi connectivity index (χ1) is 7.70. The summed E-state index contributed by atoms with van der Waals surface area (Å²) in [6.45, 7) is 2.49. The van der Waals surface area contributed by atoms with Gasteiger partial charge in [-0.05, 0) is 43.4 Å². The van der Waals surface area contributed by atoms with Crippen LogP contribution in [-0.2, 0) is 6.54 Å². The standard InChI is InChI=1S/C13H14ClNO/c1-7-4-9(14)5-10-12(8-2-3-8)11(6-15)16-13(7)10/h4-5,8H,2-3,6,15H2,1H3. The average molecular weight is 236 g/mol. The molecular formula is C13H14ClNO. The molecule has 1 fully saturated rings. The van der Waals surface area contributed by atoms with Gasteiger partial charge in [0.15, 0.2) is 0 Å². The molecular weight excluding hydrogens is 222 g/mol. The number of halogens is 1. The third kappa shape index (κ3) is 1.45. The quantitative estimate of drug-likeness (QED) is 0.862. The molecule has 3 heteroatoms. The van der Waals surface area contributed by atoms with Crippen molar-refractivity contribution in [1.82, 2.24) is 0 Å². The zero-order valence-corrected chi connectivity index (χ0v) is 9.97. The third-order valence-electron chi connectivity index (χ3n) is 3.23. The molecule has 1 saturated carbocycles. The SMILES string of the molecule is Cc1cc(Cl)cc2c(C3CC3)c(CN)oc12. The highest BCUT2D eigenvalue weighted by molar-refractivity contribution is 6.31. The summed E-state index contributed by atoms with van der Waals surface area (Å²) in [6.07, 6.45) is 2.49. The van der Waals surface area contributed by atoms with Gasteiger partial charge in [-0.2, -0.15) is 0 Å². The van der Waals surface area contributed by atoms with Crippen molar-refractivity contribution in [3.63, 3.8) is 0 Å². The highest BCUT2D eigenvalue weighted by Gasteiger charge is 2.30. The summed E-state index contributed by atoms with van der Waals surface area (Å²) < 4.78 is 5.85. The fourth-order valence-corrected chi connectivity index (χ4v) is 2.64. The van der Waals surface area contributed by atoms with Gasteiger partial charge in [0.25, 0.3) is 0 Å². The van der Waals surface area contributed by atoms with Crippen LogP contribution in [-0.4, -0.2) is 0 Å². The number of nitrogens with two attached hydrogens (primary N) is 1. The van der Waals surface area contributed by atoms with E-state index in [2.05, 4.69) is 0 Å². The molecule has 2 aromatic rings. The molecule has 1 aliphatic carbocycles. The minimum absolute atomic E-state index is 0.470. The van der Waals surface area contributed by atoms with Gasteiger partial charge in [-0.1, -0.05) is 11.6 Å². The van der Waals surface area contributed by atoms with Crippen molar-refractivity contribution in [2.75, 3.05) is 0 Å². The number of hydrogen-bond donors (Lipinski definition) is 1. The second-order valence-electron chi connectivity index (χ2n) is 4.52. The van der Waals surface area contributed by atoms with Crippen molar-refractivity contribution >= 4 is 22.6 Å². The van der Waals surface area contributed by atoms with Crippen LogP contribution in [0.3, 0.4) is 0 Å². The maximum atomic E-state index is 6.10. The fraction of sp³-hybridized carbons (Fsp3) is 0.385. The summed E-state index contributed by atoms with van der Waals surface area (Å²) in [6, 6.07) is 3.94. The van der Waals surface area contributed by atoms with Crippen molar-refractivity contribution in [2.24, 2.45) is 5.73 Å². The van der Waals surface area contributed by atoms with Gasteiger partial charge in [0.1, 0.15) is 11.3 Å². The van der Waals surface area contributed by atoms with Crippen LogP contribution in [0.15, 0.2) is 16.5 Å². The maximum Gasteiger partial charge on any atom is 0.137 e. The highest BCUT2D eigenvalue weighted by atomic mass is 35.5. The van der Waals surface area contributed by atoms with E-state index in [0.29, 0.717) is 12.5 Å². The lowest BCUT2D eigenvalue weighted by Crippen LogP contribution is -1.97. The molecule has 0 spiro atoms. The molecule has 16 heavy (non-hydrogen) atoms. The Labute approximate surface area is 99.4 Å². The van der Waals surface area contributed by atoms with Crippen molar-refractivity contribution in [3.8, 4) is 0 Å². The molecule has 2 N–H and O–H groups in total. The Balaban J connectivity index is 2.35. The molecule has 2 nitrogen and oxygen atoms in total. The van der Waals surface area contributed by atoms with Gasteiger partial charge in [0.2, 0.25) is 0 Å². The predicted molar refractivity (Wildman–Crippen MR) is 65.8 cm³/mol. The van der Waals surface area contributed by atoms with Crippen molar-refractivity contribution in [2.45, 2.75) is 32.2 Å². The van der Waals surface area contributed by atoms with Crippen LogP contribution in [0.2, 0.25) is 5.02 Å². The van der Waals surface area contributed by atoms with E-state index in [1.165, 1.54) is 18.4 Å². The molecule has 84 valence electrons. The number of furan rings is 1. The lowest BCUT2D eigenvalue weighted by Gasteiger charge is -1.98. The molecule has 1 aromatic heterocycles. The first-order valence-electron chi connectivity index (χ1n) is 5.62. The Hall–Kier alpha value is -0.990. The van der Waals surface area contributed by atoms with Crippen LogP contribution < -0.4 is 5.73 Å². The molecule has 0 atom stereocenters. The Morgan fingerprint density at radius 1 is 1.44 bits per heavy atom. The van der Waals surface area contributed by atoms with E-state index in [0.717, 1.165) is 27.3 Å². The van der Waals surface area contributed by atoms with Gasteiger partial charge in [-0.25, -0.2) is 0 Å². The summed E-state index contributed by atoms with van der Waals surface area (Å²) in [4.78, 5) is 0. The third-order valence-corrected chi connectivity index (χ3v) is 3.44. The highest BCUT2D eigenvalue weighted by Crippen LogP contribution is 2.47. The number of aryl methyl sites for hydroxylation is 1. The number of rotatable bonds is 2. The molecule has 1 aromatic carbocycles. The van der Waals surface area contributed by atoms with Crippen LogP contribution in [0.1, 0.15) is 35.6 Å². The summed E-state index contributed by atoms with van der Waals surface area (Å²) in [5.41, 5.74) is 9.07. The normalized spacial score (nSPS) is 15.9. The topological polar surface area (TPSA) is 39.2 Å². The molecule has 0 amide bonds. The number of benzene rings is 1. The molecule has 3 rings (SSSR count). The molecule has 0 saturated heterocycles. The predicted octanol–water partition coefficient (Wildman–Crippen LogP) is 3.73. The Morgan fingerprint density at radius 2 is 2.19 bits per heavy atom. The Morgan fingerprint density at radius 3 is 2.81 bits per heavy atom. The van der Waals surface area contributed by atoms with Crippen molar-refractivity contribution in [3.05, 3.63) is 34.0 Å². The van der Waals surface area contributed by atoms with E-state index in [9.17, 15) is 0 Å². The van der Waals surface area contributed by atoms with Crippen LogP contribution in [0.5, 0.6) is 0 Å². The Kier molecular flexibility index (Phi) is 2.23. The smallest absolute Gasteiger partial charge is 0.137 e. The molecule has 0 unspecified atom stereocenters. The van der Waals surface area contributed by atoms with Crippen LogP contribution in [0, 0.1) is 6.92 Å². The van der Waals surface area contributed by atoms with Gasteiger partial charge in [-0.3, -0.25) is 0 Å². The van der Waals surface area contributed by atoms with Crippen LogP contribution in [0.4, 0.5) is 0 Å². The number of hydrogen-bond acceptors (Lipinski definition) is 2. The molecule has 0 aliphatic heterocycles.